The van der Waals surface area contributed by atoms with Crippen LogP contribution in [-0.4, -0.2) is 18.2 Å². The maximum atomic E-state index is 10.2. The summed E-state index contributed by atoms with van der Waals surface area (Å²) in [5.74, 6) is 0.878. The molecule has 0 radical (unpaired) electrons. The molecule has 0 saturated heterocycles. The topological polar surface area (TPSA) is 23.5 Å². The molecule has 0 heterocycles. The minimum atomic E-state index is -0.334. The molecule has 0 aromatic heterocycles. The summed E-state index contributed by atoms with van der Waals surface area (Å²) in [6.07, 6.45) is 4.35. The second-order valence-electron chi connectivity index (χ2n) is 5.37. The van der Waals surface area contributed by atoms with E-state index in [4.69, 9.17) is 0 Å². The molecule has 1 fully saturated rings. The standard InChI is InChI=1S/C16H25NO/c1-3-11-17(12-13-9-10-13)15-8-6-5-7-14(15)16(18)4-2/h5-8,13,16,18H,3-4,9-12H2,1-2H3/t16-/m0/s1. The first-order valence-corrected chi connectivity index (χ1v) is 7.28. The SMILES string of the molecule is CCCN(CC1CC1)c1ccccc1[C@@H](O)CC. The van der Waals surface area contributed by atoms with Crippen LogP contribution >= 0.6 is 0 Å². The normalized spacial score (nSPS) is 16.6. The molecule has 0 spiro atoms. The van der Waals surface area contributed by atoms with Crippen molar-refractivity contribution in [3.63, 3.8) is 0 Å². The molecule has 1 aromatic carbocycles. The molecule has 100 valence electrons. The van der Waals surface area contributed by atoms with Gasteiger partial charge in [0.15, 0.2) is 0 Å². The Balaban J connectivity index is 2.21. The van der Waals surface area contributed by atoms with Crippen LogP contribution in [0.25, 0.3) is 0 Å². The van der Waals surface area contributed by atoms with E-state index in [9.17, 15) is 5.11 Å². The van der Waals surface area contributed by atoms with Gasteiger partial charge in [-0.25, -0.2) is 0 Å². The summed E-state index contributed by atoms with van der Waals surface area (Å²) in [7, 11) is 0. The van der Waals surface area contributed by atoms with Crippen molar-refractivity contribution in [3.05, 3.63) is 29.8 Å². The maximum Gasteiger partial charge on any atom is 0.0807 e. The van der Waals surface area contributed by atoms with Gasteiger partial charge in [0.2, 0.25) is 0 Å². The van der Waals surface area contributed by atoms with Crippen molar-refractivity contribution in [2.75, 3.05) is 18.0 Å². The molecule has 1 saturated carbocycles. The Morgan fingerprint density at radius 2 is 2.00 bits per heavy atom. The zero-order valence-electron chi connectivity index (χ0n) is 11.6. The van der Waals surface area contributed by atoms with Gasteiger partial charge >= 0.3 is 0 Å². The predicted molar refractivity (Wildman–Crippen MR) is 76.9 cm³/mol. The molecule has 0 aliphatic heterocycles. The lowest BCUT2D eigenvalue weighted by molar-refractivity contribution is 0.174. The summed E-state index contributed by atoms with van der Waals surface area (Å²) in [5, 5.41) is 10.2. The molecule has 1 aliphatic rings. The van der Waals surface area contributed by atoms with Crippen LogP contribution in [0.5, 0.6) is 0 Å². The average molecular weight is 247 g/mol. The molecule has 1 N–H and O–H groups in total. The van der Waals surface area contributed by atoms with E-state index in [1.807, 2.05) is 13.0 Å². The minimum absolute atomic E-state index is 0.334. The first kappa shape index (κ1) is 13.4. The molecule has 2 rings (SSSR count). The van der Waals surface area contributed by atoms with Gasteiger partial charge in [-0.05, 0) is 37.7 Å². The van der Waals surface area contributed by atoms with Gasteiger partial charge in [-0.1, -0.05) is 32.0 Å². The third-order valence-electron chi connectivity index (χ3n) is 3.69. The highest BCUT2D eigenvalue weighted by Gasteiger charge is 2.25. The van der Waals surface area contributed by atoms with Crippen molar-refractivity contribution in [1.29, 1.82) is 0 Å². The highest BCUT2D eigenvalue weighted by molar-refractivity contribution is 5.54. The highest BCUT2D eigenvalue weighted by Crippen LogP contribution is 2.34. The number of aliphatic hydroxyl groups is 1. The average Bonchev–Trinajstić information content (AvgIpc) is 3.21. The van der Waals surface area contributed by atoms with E-state index in [0.717, 1.165) is 37.4 Å². The van der Waals surface area contributed by atoms with E-state index >= 15 is 0 Å². The van der Waals surface area contributed by atoms with Crippen LogP contribution in [0.15, 0.2) is 24.3 Å². The summed E-state index contributed by atoms with van der Waals surface area (Å²) in [6.45, 7) is 6.50. The number of anilines is 1. The molecular weight excluding hydrogens is 222 g/mol. The van der Waals surface area contributed by atoms with E-state index in [1.54, 1.807) is 0 Å². The smallest absolute Gasteiger partial charge is 0.0807 e. The molecule has 2 nitrogen and oxygen atoms in total. The molecular formula is C16H25NO. The van der Waals surface area contributed by atoms with Gasteiger partial charge in [-0.3, -0.25) is 0 Å². The molecule has 0 amide bonds. The molecule has 1 atom stereocenters. The van der Waals surface area contributed by atoms with Crippen LogP contribution in [0, 0.1) is 5.92 Å². The predicted octanol–water partition coefficient (Wildman–Crippen LogP) is 3.76. The number of aliphatic hydroxyl groups excluding tert-OH is 1. The summed E-state index contributed by atoms with van der Waals surface area (Å²) in [5.41, 5.74) is 2.33. The number of hydrogen-bond acceptors (Lipinski definition) is 2. The van der Waals surface area contributed by atoms with Gasteiger partial charge < -0.3 is 10.0 Å². The zero-order chi connectivity index (χ0) is 13.0. The Labute approximate surface area is 111 Å². The zero-order valence-corrected chi connectivity index (χ0v) is 11.6. The third kappa shape index (κ3) is 3.26. The summed E-state index contributed by atoms with van der Waals surface area (Å²) in [4.78, 5) is 2.46. The van der Waals surface area contributed by atoms with Crippen molar-refractivity contribution < 1.29 is 5.11 Å². The molecule has 18 heavy (non-hydrogen) atoms. The highest BCUT2D eigenvalue weighted by atomic mass is 16.3. The lowest BCUT2D eigenvalue weighted by Crippen LogP contribution is -2.27. The minimum Gasteiger partial charge on any atom is -0.388 e. The van der Waals surface area contributed by atoms with Crippen LogP contribution < -0.4 is 4.90 Å². The Morgan fingerprint density at radius 3 is 2.61 bits per heavy atom. The first-order valence-electron chi connectivity index (χ1n) is 7.28. The van der Waals surface area contributed by atoms with Gasteiger partial charge in [0.1, 0.15) is 0 Å². The van der Waals surface area contributed by atoms with E-state index in [-0.39, 0.29) is 6.10 Å². The van der Waals surface area contributed by atoms with Gasteiger partial charge in [0.25, 0.3) is 0 Å². The molecule has 1 aliphatic carbocycles. The van der Waals surface area contributed by atoms with Crippen molar-refractivity contribution in [2.24, 2.45) is 5.92 Å². The Kier molecular flexibility index (Phi) is 4.65. The second kappa shape index (κ2) is 6.24. The van der Waals surface area contributed by atoms with E-state index in [1.165, 1.54) is 18.5 Å². The third-order valence-corrected chi connectivity index (χ3v) is 3.69. The number of hydrogen-bond donors (Lipinski definition) is 1. The van der Waals surface area contributed by atoms with Crippen LogP contribution in [0.1, 0.15) is 51.2 Å². The van der Waals surface area contributed by atoms with Crippen LogP contribution in [0.3, 0.4) is 0 Å². The number of para-hydroxylation sites is 1. The molecule has 2 heteroatoms. The van der Waals surface area contributed by atoms with Crippen molar-refractivity contribution in [2.45, 2.75) is 45.6 Å². The second-order valence-corrected chi connectivity index (χ2v) is 5.37. The van der Waals surface area contributed by atoms with E-state index < -0.39 is 0 Å². The Morgan fingerprint density at radius 1 is 1.28 bits per heavy atom. The lowest BCUT2D eigenvalue weighted by Gasteiger charge is -2.28. The fraction of sp³-hybridized carbons (Fsp3) is 0.625. The Hall–Kier alpha value is -1.02. The molecule has 1 aromatic rings. The fourth-order valence-corrected chi connectivity index (χ4v) is 2.47. The van der Waals surface area contributed by atoms with Gasteiger partial charge in [0, 0.05) is 24.3 Å². The molecule has 0 unspecified atom stereocenters. The maximum absolute atomic E-state index is 10.2. The first-order chi connectivity index (χ1) is 8.76. The van der Waals surface area contributed by atoms with Crippen molar-refractivity contribution in [1.82, 2.24) is 0 Å². The van der Waals surface area contributed by atoms with Crippen LogP contribution in [0.2, 0.25) is 0 Å². The number of nitrogens with zero attached hydrogens (tertiary/aromatic N) is 1. The van der Waals surface area contributed by atoms with Gasteiger partial charge in [-0.2, -0.15) is 0 Å². The van der Waals surface area contributed by atoms with Crippen LogP contribution in [0.4, 0.5) is 5.69 Å². The summed E-state index contributed by atoms with van der Waals surface area (Å²) >= 11 is 0. The Bertz CT molecular complexity index is 373. The number of benzene rings is 1. The van der Waals surface area contributed by atoms with Crippen LogP contribution in [-0.2, 0) is 0 Å². The molecule has 0 bridgehead atoms. The van der Waals surface area contributed by atoms with Crippen molar-refractivity contribution >= 4 is 5.69 Å². The summed E-state index contributed by atoms with van der Waals surface area (Å²) < 4.78 is 0. The fourth-order valence-electron chi connectivity index (χ4n) is 2.47. The summed E-state index contributed by atoms with van der Waals surface area (Å²) in [6, 6.07) is 8.33. The van der Waals surface area contributed by atoms with E-state index in [2.05, 4.69) is 30.0 Å². The number of rotatable bonds is 7. The van der Waals surface area contributed by atoms with Crippen molar-refractivity contribution in [3.8, 4) is 0 Å². The lowest BCUT2D eigenvalue weighted by atomic mass is 10.0. The largest absolute Gasteiger partial charge is 0.388 e. The van der Waals surface area contributed by atoms with E-state index in [0.29, 0.717) is 0 Å². The van der Waals surface area contributed by atoms with Gasteiger partial charge in [0.05, 0.1) is 6.10 Å². The monoisotopic (exact) mass is 247 g/mol. The quantitative estimate of drug-likeness (QED) is 0.793. The van der Waals surface area contributed by atoms with Gasteiger partial charge in [-0.15, -0.1) is 0 Å².